The van der Waals surface area contributed by atoms with Crippen LogP contribution in [-0.4, -0.2) is 6.18 Å². The van der Waals surface area contributed by atoms with Gasteiger partial charge < -0.3 is 5.32 Å². The number of hydrogen-bond acceptors (Lipinski definition) is 1. The van der Waals surface area contributed by atoms with Gasteiger partial charge in [0, 0.05) is 11.4 Å². The van der Waals surface area contributed by atoms with Crippen LogP contribution in [0.5, 0.6) is 0 Å². The zero-order chi connectivity index (χ0) is 13.8. The Bertz CT molecular complexity index is 458. The first-order valence-corrected chi connectivity index (χ1v) is 5.63. The molecule has 0 heterocycles. The number of benzene rings is 1. The number of rotatable bonds is 4. The van der Waals surface area contributed by atoms with Crippen LogP contribution in [0.15, 0.2) is 48.2 Å². The summed E-state index contributed by atoms with van der Waals surface area (Å²) in [7, 11) is 0. The normalized spacial score (nSPS) is 12.4. The molecule has 0 spiro atoms. The Hall–Kier alpha value is -1.71. The molecule has 0 aliphatic rings. The highest BCUT2D eigenvalue weighted by atomic mass is 19.4. The minimum absolute atomic E-state index is 0.408. The van der Waals surface area contributed by atoms with Crippen molar-refractivity contribution in [1.82, 2.24) is 0 Å². The molecule has 0 aliphatic heterocycles. The quantitative estimate of drug-likeness (QED) is 0.770. The van der Waals surface area contributed by atoms with Crippen molar-refractivity contribution in [3.8, 4) is 0 Å². The lowest BCUT2D eigenvalue weighted by atomic mass is 10.1. The summed E-state index contributed by atoms with van der Waals surface area (Å²) in [4.78, 5) is 0. The monoisotopic (exact) mass is 255 g/mol. The summed E-state index contributed by atoms with van der Waals surface area (Å²) >= 11 is 0. The van der Waals surface area contributed by atoms with Crippen molar-refractivity contribution in [3.63, 3.8) is 0 Å². The second-order valence-electron chi connectivity index (χ2n) is 4.03. The summed E-state index contributed by atoms with van der Waals surface area (Å²) < 4.78 is 36.9. The molecule has 98 valence electrons. The van der Waals surface area contributed by atoms with Gasteiger partial charge in [0.25, 0.3) is 0 Å². The van der Waals surface area contributed by atoms with E-state index >= 15 is 0 Å². The standard InChI is InChI=1S/C14H16F3N/c1-4-12-6-5-7-13(9-12)18-11(3)8-10(2)14(15,16)17/h5-9,18H,2,4H2,1,3H3/b11-8-. The van der Waals surface area contributed by atoms with Crippen LogP contribution in [0.25, 0.3) is 0 Å². The Morgan fingerprint density at radius 3 is 2.61 bits per heavy atom. The molecule has 0 bridgehead atoms. The maximum atomic E-state index is 12.3. The van der Waals surface area contributed by atoms with Crippen molar-refractivity contribution in [2.75, 3.05) is 5.32 Å². The summed E-state index contributed by atoms with van der Waals surface area (Å²) in [5, 5.41) is 2.92. The first-order valence-electron chi connectivity index (χ1n) is 5.63. The number of halogens is 3. The Morgan fingerprint density at radius 2 is 2.06 bits per heavy atom. The molecule has 0 radical (unpaired) electrons. The molecule has 0 unspecified atom stereocenters. The SMILES string of the molecule is C=C(/C=C(/C)Nc1cccc(CC)c1)C(F)(F)F. The zero-order valence-corrected chi connectivity index (χ0v) is 10.4. The Labute approximate surface area is 105 Å². The summed E-state index contributed by atoms with van der Waals surface area (Å²) in [6, 6.07) is 7.56. The van der Waals surface area contributed by atoms with E-state index in [1.165, 1.54) is 0 Å². The Morgan fingerprint density at radius 1 is 1.39 bits per heavy atom. The van der Waals surface area contributed by atoms with Crippen molar-refractivity contribution in [2.45, 2.75) is 26.4 Å². The molecule has 1 aromatic carbocycles. The predicted molar refractivity (Wildman–Crippen MR) is 68.4 cm³/mol. The fourth-order valence-electron chi connectivity index (χ4n) is 1.48. The van der Waals surface area contributed by atoms with E-state index in [0.29, 0.717) is 5.70 Å². The average molecular weight is 255 g/mol. The smallest absolute Gasteiger partial charge is 0.359 e. The van der Waals surface area contributed by atoms with Crippen molar-refractivity contribution >= 4 is 5.69 Å². The van der Waals surface area contributed by atoms with Gasteiger partial charge in [-0.25, -0.2) is 0 Å². The minimum Gasteiger partial charge on any atom is -0.359 e. The van der Waals surface area contributed by atoms with Gasteiger partial charge in [-0.05, 0) is 37.1 Å². The lowest BCUT2D eigenvalue weighted by Gasteiger charge is -2.10. The van der Waals surface area contributed by atoms with Crippen LogP contribution in [0.2, 0.25) is 0 Å². The molecule has 0 aliphatic carbocycles. The fourth-order valence-corrected chi connectivity index (χ4v) is 1.48. The zero-order valence-electron chi connectivity index (χ0n) is 10.4. The van der Waals surface area contributed by atoms with E-state index in [9.17, 15) is 13.2 Å². The Kier molecular flexibility index (Phi) is 4.59. The number of nitrogens with one attached hydrogen (secondary N) is 1. The van der Waals surface area contributed by atoms with Crippen LogP contribution in [0, 0.1) is 0 Å². The molecule has 0 amide bonds. The van der Waals surface area contributed by atoms with Gasteiger partial charge in [-0.15, -0.1) is 0 Å². The second-order valence-corrected chi connectivity index (χ2v) is 4.03. The first-order chi connectivity index (χ1) is 8.32. The third-order valence-corrected chi connectivity index (χ3v) is 2.43. The average Bonchev–Trinajstić information content (AvgIpc) is 2.27. The number of hydrogen-bond donors (Lipinski definition) is 1. The van der Waals surface area contributed by atoms with Gasteiger partial charge in [0.05, 0.1) is 5.57 Å². The van der Waals surface area contributed by atoms with E-state index in [1.807, 2.05) is 31.2 Å². The number of anilines is 1. The molecule has 0 aromatic heterocycles. The van der Waals surface area contributed by atoms with E-state index in [1.54, 1.807) is 6.92 Å². The molecular weight excluding hydrogens is 239 g/mol. The van der Waals surface area contributed by atoms with Crippen molar-refractivity contribution in [2.24, 2.45) is 0 Å². The van der Waals surface area contributed by atoms with Crippen LogP contribution < -0.4 is 5.32 Å². The summed E-state index contributed by atoms with van der Waals surface area (Å²) in [5.74, 6) is 0. The molecule has 1 aromatic rings. The minimum atomic E-state index is -4.38. The van der Waals surface area contributed by atoms with Crippen LogP contribution in [-0.2, 0) is 6.42 Å². The van der Waals surface area contributed by atoms with Crippen LogP contribution in [0.4, 0.5) is 18.9 Å². The van der Waals surface area contributed by atoms with E-state index in [2.05, 4.69) is 11.9 Å². The maximum Gasteiger partial charge on any atom is 0.415 e. The number of allylic oxidation sites excluding steroid dienone is 3. The van der Waals surface area contributed by atoms with Gasteiger partial charge in [0.2, 0.25) is 0 Å². The Balaban J connectivity index is 2.78. The number of aryl methyl sites for hydroxylation is 1. The predicted octanol–water partition coefficient (Wildman–Crippen LogP) is 4.68. The summed E-state index contributed by atoms with van der Waals surface area (Å²) in [6.07, 6.45) is -2.50. The molecule has 0 saturated carbocycles. The van der Waals surface area contributed by atoms with Gasteiger partial charge in [-0.2, -0.15) is 13.2 Å². The molecule has 1 nitrogen and oxygen atoms in total. The van der Waals surface area contributed by atoms with E-state index in [0.717, 1.165) is 23.7 Å². The third kappa shape index (κ3) is 4.28. The maximum absolute atomic E-state index is 12.3. The van der Waals surface area contributed by atoms with Gasteiger partial charge >= 0.3 is 6.18 Å². The van der Waals surface area contributed by atoms with Gasteiger partial charge in [-0.1, -0.05) is 25.6 Å². The van der Waals surface area contributed by atoms with Crippen LogP contribution in [0.1, 0.15) is 19.4 Å². The van der Waals surface area contributed by atoms with E-state index in [4.69, 9.17) is 0 Å². The molecule has 0 atom stereocenters. The molecule has 1 N–H and O–H groups in total. The molecule has 0 fully saturated rings. The topological polar surface area (TPSA) is 12.0 Å². The van der Waals surface area contributed by atoms with Crippen LogP contribution >= 0.6 is 0 Å². The highest BCUT2D eigenvalue weighted by Gasteiger charge is 2.30. The van der Waals surface area contributed by atoms with Crippen molar-refractivity contribution in [1.29, 1.82) is 0 Å². The lowest BCUT2D eigenvalue weighted by molar-refractivity contribution is -0.0878. The largest absolute Gasteiger partial charge is 0.415 e. The summed E-state index contributed by atoms with van der Waals surface area (Å²) in [5.41, 5.74) is 1.45. The lowest BCUT2D eigenvalue weighted by Crippen LogP contribution is -2.10. The second kappa shape index (κ2) is 5.76. The highest BCUT2D eigenvalue weighted by molar-refractivity contribution is 5.50. The number of alkyl halides is 3. The van der Waals surface area contributed by atoms with Gasteiger partial charge in [0.15, 0.2) is 0 Å². The highest BCUT2D eigenvalue weighted by Crippen LogP contribution is 2.26. The first kappa shape index (κ1) is 14.4. The molecule has 0 saturated heterocycles. The molecule has 1 rings (SSSR count). The van der Waals surface area contributed by atoms with Crippen molar-refractivity contribution in [3.05, 3.63) is 53.8 Å². The van der Waals surface area contributed by atoms with Gasteiger partial charge in [-0.3, -0.25) is 0 Å². The molecule has 18 heavy (non-hydrogen) atoms. The van der Waals surface area contributed by atoms with Crippen molar-refractivity contribution < 1.29 is 13.2 Å². The van der Waals surface area contributed by atoms with E-state index < -0.39 is 11.7 Å². The van der Waals surface area contributed by atoms with Gasteiger partial charge in [0.1, 0.15) is 0 Å². The van der Waals surface area contributed by atoms with E-state index in [-0.39, 0.29) is 0 Å². The summed E-state index contributed by atoms with van der Waals surface area (Å²) in [6.45, 7) is 6.60. The molecule has 4 heteroatoms. The fraction of sp³-hybridized carbons (Fsp3) is 0.286. The van der Waals surface area contributed by atoms with Crippen LogP contribution in [0.3, 0.4) is 0 Å². The third-order valence-electron chi connectivity index (χ3n) is 2.43. The molecular formula is C14H16F3N.